The van der Waals surface area contributed by atoms with E-state index in [9.17, 15) is 19.8 Å². The summed E-state index contributed by atoms with van der Waals surface area (Å²) in [6.07, 6.45) is 13.6. The van der Waals surface area contributed by atoms with Crippen molar-refractivity contribution in [2.45, 2.75) is 132 Å². The van der Waals surface area contributed by atoms with Gasteiger partial charge in [-0.3, -0.25) is 24.0 Å². The second kappa shape index (κ2) is 14.5. The molecule has 13 rings (SSSR count). The molecule has 0 aromatic heterocycles. The van der Waals surface area contributed by atoms with Gasteiger partial charge in [0.2, 0.25) is 23.6 Å². The Labute approximate surface area is 406 Å². The van der Waals surface area contributed by atoms with Crippen LogP contribution >= 0.6 is 0 Å². The average Bonchev–Trinajstić information content (AvgIpc) is 3.69. The molecular formula is C54H67N2NaO8. The number of carboxylic acid groups (broad SMARTS) is 2. The number of allylic oxidation sites excluding steroid dienone is 4. The number of imide groups is 2. The van der Waals surface area contributed by atoms with Gasteiger partial charge in [-0.15, -0.1) is 0 Å². The summed E-state index contributed by atoms with van der Waals surface area (Å²) in [5, 5.41) is 23.4. The van der Waals surface area contributed by atoms with Gasteiger partial charge >= 0.3 is 35.5 Å². The number of rotatable bonds is 6. The number of carboxylic acids is 2. The molecule has 2 heterocycles. The maximum Gasteiger partial charge on any atom is 1.00 e. The molecule has 16 atom stereocenters. The molecule has 8 fully saturated rings. The van der Waals surface area contributed by atoms with E-state index < -0.39 is 57.3 Å². The molecule has 2 aliphatic heterocycles. The predicted octanol–water partition coefficient (Wildman–Crippen LogP) is 5.39. The van der Waals surface area contributed by atoms with E-state index in [2.05, 4.69) is 53.7 Å². The summed E-state index contributed by atoms with van der Waals surface area (Å²) in [5.74, 6) is -4.69. The van der Waals surface area contributed by atoms with Crippen LogP contribution in [0.1, 0.15) is 132 Å². The van der Waals surface area contributed by atoms with Crippen molar-refractivity contribution >= 4 is 46.9 Å². The Morgan fingerprint density at radius 1 is 0.631 bits per heavy atom. The Kier molecular flexibility index (Phi) is 10.2. The van der Waals surface area contributed by atoms with Crippen molar-refractivity contribution < 1.29 is 68.5 Å². The first-order chi connectivity index (χ1) is 30.1. The van der Waals surface area contributed by atoms with Crippen molar-refractivity contribution in [2.75, 3.05) is 9.80 Å². The van der Waals surface area contributed by atoms with Gasteiger partial charge in [0.15, 0.2) is 0 Å². The largest absolute Gasteiger partial charge is 1.00 e. The fourth-order valence-corrected chi connectivity index (χ4v) is 19.2. The van der Waals surface area contributed by atoms with Crippen molar-refractivity contribution in [3.63, 3.8) is 0 Å². The summed E-state index contributed by atoms with van der Waals surface area (Å²) >= 11 is 0. The maximum atomic E-state index is 15.3. The zero-order chi connectivity index (χ0) is 45.6. The van der Waals surface area contributed by atoms with Crippen LogP contribution in [0.4, 0.5) is 11.4 Å². The summed E-state index contributed by atoms with van der Waals surface area (Å²) in [7, 11) is 0. The van der Waals surface area contributed by atoms with Crippen LogP contribution in [0.25, 0.3) is 0 Å². The van der Waals surface area contributed by atoms with Gasteiger partial charge in [-0.2, -0.15) is 0 Å². The molecule has 12 aliphatic rings. The van der Waals surface area contributed by atoms with Gasteiger partial charge in [0, 0.05) is 22.2 Å². The first kappa shape index (κ1) is 45.7. The van der Waals surface area contributed by atoms with Gasteiger partial charge in [-0.1, -0.05) is 90.7 Å². The molecule has 1 N–H and O–H groups in total. The Hall–Kier alpha value is -3.08. The number of hydrogen-bond donors (Lipinski definition) is 1. The van der Waals surface area contributed by atoms with Crippen molar-refractivity contribution in [3.05, 3.63) is 47.6 Å². The Bertz CT molecular complexity index is 2250. The van der Waals surface area contributed by atoms with Gasteiger partial charge in [0.25, 0.3) is 0 Å². The quantitative estimate of drug-likeness (QED) is 0.227. The van der Waals surface area contributed by atoms with Crippen LogP contribution in [-0.4, -0.2) is 40.7 Å². The van der Waals surface area contributed by atoms with Crippen molar-refractivity contribution in [3.8, 4) is 0 Å². The zero-order valence-corrected chi connectivity index (χ0v) is 42.1. The summed E-state index contributed by atoms with van der Waals surface area (Å²) in [5.41, 5.74) is -0.330. The van der Waals surface area contributed by atoms with Crippen molar-refractivity contribution in [1.29, 1.82) is 0 Å². The van der Waals surface area contributed by atoms with Gasteiger partial charge in [0.1, 0.15) is 0 Å². The van der Waals surface area contributed by atoms with E-state index in [0.29, 0.717) is 49.9 Å². The molecule has 10 aliphatic carbocycles. The number of aliphatic carboxylic acids is 2. The maximum absolute atomic E-state index is 15.3. The first-order valence-corrected chi connectivity index (χ1v) is 24.9. The Morgan fingerprint density at radius 3 is 1.45 bits per heavy atom. The number of anilines is 2. The van der Waals surface area contributed by atoms with E-state index in [1.54, 1.807) is 24.3 Å². The molecule has 1 aromatic rings. The molecule has 10 nitrogen and oxygen atoms in total. The molecular weight excluding hydrogens is 828 g/mol. The van der Waals surface area contributed by atoms with Gasteiger partial charge in [-0.05, 0) is 148 Å². The molecule has 6 saturated carbocycles. The minimum Gasteiger partial charge on any atom is -0.550 e. The number of carbonyl (C=O) groups is 6. The fraction of sp³-hybridized carbons (Fsp3) is 0.704. The third-order valence-corrected chi connectivity index (χ3v) is 21.6. The number of benzene rings is 1. The molecule has 65 heavy (non-hydrogen) atoms. The van der Waals surface area contributed by atoms with E-state index in [1.807, 2.05) is 13.8 Å². The number of amides is 4. The number of hydrogen-bond acceptors (Lipinski definition) is 7. The third kappa shape index (κ3) is 5.45. The van der Waals surface area contributed by atoms with E-state index in [0.717, 1.165) is 38.5 Å². The molecule has 16 unspecified atom stereocenters. The fourth-order valence-electron chi connectivity index (χ4n) is 19.2. The van der Waals surface area contributed by atoms with Crippen molar-refractivity contribution in [1.82, 2.24) is 0 Å². The predicted molar refractivity (Wildman–Crippen MR) is 238 cm³/mol. The summed E-state index contributed by atoms with van der Waals surface area (Å²) in [6.45, 7) is 17.0. The molecule has 1 aromatic carbocycles. The van der Waals surface area contributed by atoms with Gasteiger partial charge < -0.3 is 15.0 Å². The zero-order valence-electron chi connectivity index (χ0n) is 40.1. The standard InChI is InChI=1S/C54H68N2O8.Na/c1-27(2)33-25-53-20-14-35-49(5,16-10-18-51(35,7)47(61)62)37(53)23-31(33)39-41(53)45(59)55(43(39)57)29-12-9-13-30(22-29)56-44(58)40-32-24-38-50(6)17-11-19-52(8,48(63)64)36(50)15-21-54(38,42(40)46(56)60)26-34(32)28(3)4;/h9,12-13,22,25-28,31-32,35-42H,10-11,14-21,23-24H2,1-8H3,(H,61,62)(H,63,64);/q;+1/p-1. The van der Waals surface area contributed by atoms with E-state index in [4.69, 9.17) is 0 Å². The minimum absolute atomic E-state index is 0. The molecule has 2 spiro atoms. The minimum atomic E-state index is -0.984. The van der Waals surface area contributed by atoms with Crippen molar-refractivity contribution in [2.24, 2.45) is 104 Å². The second-order valence-corrected chi connectivity index (χ2v) is 24.5. The Morgan fingerprint density at radius 2 is 1.05 bits per heavy atom. The van der Waals surface area contributed by atoms with Crippen LogP contribution in [0.15, 0.2) is 47.6 Å². The normalized spacial score (nSPS) is 46.7. The van der Waals surface area contributed by atoms with Crippen LogP contribution < -0.4 is 44.5 Å². The van der Waals surface area contributed by atoms with E-state index >= 15 is 19.2 Å². The van der Waals surface area contributed by atoms with Crippen LogP contribution in [-0.2, 0) is 28.8 Å². The van der Waals surface area contributed by atoms with Crippen LogP contribution in [0, 0.1) is 104 Å². The summed E-state index contributed by atoms with van der Waals surface area (Å²) in [6, 6.07) is 6.99. The molecule has 4 amide bonds. The Balaban J connectivity index is 0.00000498. The number of fused-ring (bicyclic) bond motifs is 2. The van der Waals surface area contributed by atoms with E-state index in [1.165, 1.54) is 20.9 Å². The first-order valence-electron chi connectivity index (χ1n) is 24.9. The monoisotopic (exact) mass is 894 g/mol. The topological polar surface area (TPSA) is 152 Å². The number of nitrogens with zero attached hydrogens (tertiary/aromatic N) is 2. The average molecular weight is 895 g/mol. The second-order valence-electron chi connectivity index (χ2n) is 24.5. The summed E-state index contributed by atoms with van der Waals surface area (Å²) in [4.78, 5) is 89.2. The smallest absolute Gasteiger partial charge is 0.550 e. The third-order valence-electron chi connectivity index (χ3n) is 21.6. The number of carbonyl (C=O) groups excluding carboxylic acids is 5. The molecule has 4 bridgehead atoms. The molecule has 2 saturated heterocycles. The molecule has 342 valence electrons. The summed E-state index contributed by atoms with van der Waals surface area (Å²) < 4.78 is 0. The molecule has 11 heteroatoms. The van der Waals surface area contributed by atoms with Crippen LogP contribution in [0.3, 0.4) is 0 Å². The van der Waals surface area contributed by atoms with Crippen LogP contribution in [0.5, 0.6) is 0 Å². The van der Waals surface area contributed by atoms with E-state index in [-0.39, 0.29) is 111 Å². The SMILES string of the molecule is CC(C)C1=CC23CCC4C(C)(C(=O)[O-])CCCC4(C)C2CC1C1C(=O)N(c2cccc(N4C(=O)C5C6CC7C8(C)CCCC(C)(C(=O)O)C8CCC7(C=C6C(C)C)C5C4=O)c2)C(=O)C13.[Na+]. The molecule has 0 radical (unpaired) electrons. The van der Waals surface area contributed by atoms with Crippen LogP contribution in [0.2, 0.25) is 0 Å². The van der Waals surface area contributed by atoms with Gasteiger partial charge in [0.05, 0.1) is 40.5 Å². The van der Waals surface area contributed by atoms with Gasteiger partial charge in [-0.25, -0.2) is 9.80 Å².